The van der Waals surface area contributed by atoms with Gasteiger partial charge in [0.05, 0.1) is 0 Å². The number of rotatable bonds is 2. The van der Waals surface area contributed by atoms with E-state index < -0.39 is 5.82 Å². The third-order valence-electron chi connectivity index (χ3n) is 2.18. The molecule has 0 amide bonds. The normalized spacial score (nSPS) is 9.28. The second-order valence-electron chi connectivity index (χ2n) is 3.29. The Morgan fingerprint density at radius 3 is 2.56 bits per heavy atom. The number of nitrogens with zero attached hydrogens (tertiary/aromatic N) is 3. The van der Waals surface area contributed by atoms with Crippen molar-refractivity contribution in [2.24, 2.45) is 0 Å². The first-order chi connectivity index (χ1) is 8.76. The molecule has 1 aromatic heterocycles. The fraction of sp³-hybridized carbons (Fsp3) is 0. The van der Waals surface area contributed by atoms with Crippen LogP contribution >= 0.6 is 0 Å². The average Bonchev–Trinajstić information content (AvgIpc) is 2.40. The highest BCUT2D eigenvalue weighted by atomic mass is 19.1. The van der Waals surface area contributed by atoms with Crippen LogP contribution < -0.4 is 4.74 Å². The number of halogens is 1. The molecule has 18 heavy (non-hydrogen) atoms. The maximum absolute atomic E-state index is 13.4. The molecule has 0 aliphatic rings. The van der Waals surface area contributed by atoms with Gasteiger partial charge in [-0.2, -0.15) is 10.5 Å². The molecule has 0 spiro atoms. The zero-order chi connectivity index (χ0) is 13.0. The number of aromatic nitrogens is 1. The Morgan fingerprint density at radius 2 is 1.83 bits per heavy atom. The maximum Gasteiger partial charge on any atom is 0.183 e. The molecule has 0 radical (unpaired) electrons. The standard InChI is InChI=1S/C13H6FN3O/c14-10-3-1-4-12(9(10)7-15)18-13-5-2-6-17-11(13)8-16/h1-6H. The average molecular weight is 239 g/mol. The summed E-state index contributed by atoms with van der Waals surface area (Å²) in [7, 11) is 0. The van der Waals surface area contributed by atoms with Crippen molar-refractivity contribution in [3.8, 4) is 23.6 Å². The maximum atomic E-state index is 13.4. The highest BCUT2D eigenvalue weighted by molar-refractivity contribution is 5.48. The summed E-state index contributed by atoms with van der Waals surface area (Å²) >= 11 is 0. The summed E-state index contributed by atoms with van der Waals surface area (Å²) in [6.45, 7) is 0. The number of pyridine rings is 1. The van der Waals surface area contributed by atoms with E-state index in [4.69, 9.17) is 15.3 Å². The third-order valence-corrected chi connectivity index (χ3v) is 2.18. The Labute approximate surface area is 103 Å². The van der Waals surface area contributed by atoms with Crippen LogP contribution in [0, 0.1) is 28.5 Å². The minimum absolute atomic E-state index is 0.0574. The SMILES string of the molecule is N#Cc1ncccc1Oc1cccc(F)c1C#N. The molecule has 0 fully saturated rings. The zero-order valence-electron chi connectivity index (χ0n) is 9.09. The Bertz CT molecular complexity index is 671. The lowest BCUT2D eigenvalue weighted by Crippen LogP contribution is -1.94. The van der Waals surface area contributed by atoms with Gasteiger partial charge >= 0.3 is 0 Å². The predicted octanol–water partition coefficient (Wildman–Crippen LogP) is 2.76. The van der Waals surface area contributed by atoms with Gasteiger partial charge in [-0.05, 0) is 24.3 Å². The third kappa shape index (κ3) is 2.11. The molecule has 5 heteroatoms. The molecule has 0 saturated carbocycles. The molecule has 1 aromatic carbocycles. The van der Waals surface area contributed by atoms with Gasteiger partial charge in [-0.25, -0.2) is 9.37 Å². The van der Waals surface area contributed by atoms with Crippen LogP contribution in [0.5, 0.6) is 11.5 Å². The van der Waals surface area contributed by atoms with E-state index in [2.05, 4.69) is 4.98 Å². The fourth-order valence-electron chi connectivity index (χ4n) is 1.37. The molecule has 1 heterocycles. The van der Waals surface area contributed by atoms with Crippen molar-refractivity contribution in [3.63, 3.8) is 0 Å². The first kappa shape index (κ1) is 11.6. The van der Waals surface area contributed by atoms with Crippen LogP contribution in [0.4, 0.5) is 4.39 Å². The van der Waals surface area contributed by atoms with E-state index in [1.54, 1.807) is 12.1 Å². The highest BCUT2D eigenvalue weighted by Gasteiger charge is 2.12. The molecule has 2 aromatic rings. The topological polar surface area (TPSA) is 69.7 Å². The first-order valence-electron chi connectivity index (χ1n) is 4.98. The number of hydrogen-bond acceptors (Lipinski definition) is 4. The van der Waals surface area contributed by atoms with Gasteiger partial charge in [0.1, 0.15) is 29.3 Å². The fourth-order valence-corrected chi connectivity index (χ4v) is 1.37. The van der Waals surface area contributed by atoms with Gasteiger partial charge < -0.3 is 4.74 Å². The van der Waals surface area contributed by atoms with Crippen molar-refractivity contribution >= 4 is 0 Å². The van der Waals surface area contributed by atoms with Crippen LogP contribution in [0.25, 0.3) is 0 Å². The zero-order valence-corrected chi connectivity index (χ0v) is 9.09. The summed E-state index contributed by atoms with van der Waals surface area (Å²) in [6.07, 6.45) is 1.45. The molecule has 0 unspecified atom stereocenters. The van der Waals surface area contributed by atoms with Crippen LogP contribution in [0.3, 0.4) is 0 Å². The minimum Gasteiger partial charge on any atom is -0.453 e. The second-order valence-corrected chi connectivity index (χ2v) is 3.29. The van der Waals surface area contributed by atoms with Crippen LogP contribution in [0.2, 0.25) is 0 Å². The summed E-state index contributed by atoms with van der Waals surface area (Å²) < 4.78 is 18.7. The molecule has 0 aliphatic carbocycles. The van der Waals surface area contributed by atoms with Crippen molar-refractivity contribution in [2.45, 2.75) is 0 Å². The Morgan fingerprint density at radius 1 is 1.06 bits per heavy atom. The number of hydrogen-bond donors (Lipinski definition) is 0. The van der Waals surface area contributed by atoms with Gasteiger partial charge in [0.15, 0.2) is 11.4 Å². The van der Waals surface area contributed by atoms with Gasteiger partial charge in [-0.1, -0.05) is 6.07 Å². The lowest BCUT2D eigenvalue weighted by Gasteiger charge is -2.08. The van der Waals surface area contributed by atoms with Crippen molar-refractivity contribution < 1.29 is 9.13 Å². The Hall–Kier alpha value is -2.92. The lowest BCUT2D eigenvalue weighted by molar-refractivity contribution is 0.470. The van der Waals surface area contributed by atoms with Crippen molar-refractivity contribution in [1.82, 2.24) is 4.98 Å². The van der Waals surface area contributed by atoms with Gasteiger partial charge in [0.25, 0.3) is 0 Å². The van der Waals surface area contributed by atoms with E-state index >= 15 is 0 Å². The van der Waals surface area contributed by atoms with E-state index in [-0.39, 0.29) is 22.8 Å². The monoisotopic (exact) mass is 239 g/mol. The molecular formula is C13H6FN3O. The molecule has 0 atom stereocenters. The predicted molar refractivity (Wildman–Crippen MR) is 60.1 cm³/mol. The molecule has 2 rings (SSSR count). The van der Waals surface area contributed by atoms with Crippen LogP contribution in [-0.2, 0) is 0 Å². The molecule has 0 aliphatic heterocycles. The summed E-state index contributed by atoms with van der Waals surface area (Å²) in [6, 6.07) is 10.7. The van der Waals surface area contributed by atoms with Crippen LogP contribution in [0.1, 0.15) is 11.3 Å². The van der Waals surface area contributed by atoms with E-state index in [0.717, 1.165) is 0 Å². The van der Waals surface area contributed by atoms with Crippen LogP contribution in [-0.4, -0.2) is 4.98 Å². The van der Waals surface area contributed by atoms with Gasteiger partial charge in [-0.15, -0.1) is 0 Å². The smallest absolute Gasteiger partial charge is 0.183 e. The van der Waals surface area contributed by atoms with E-state index in [1.807, 2.05) is 6.07 Å². The molecule has 4 nitrogen and oxygen atoms in total. The minimum atomic E-state index is -0.669. The quantitative estimate of drug-likeness (QED) is 0.807. The molecular weight excluding hydrogens is 233 g/mol. The molecule has 86 valence electrons. The van der Waals surface area contributed by atoms with Crippen molar-refractivity contribution in [1.29, 1.82) is 10.5 Å². The Kier molecular flexibility index (Phi) is 3.17. The van der Waals surface area contributed by atoms with E-state index in [0.29, 0.717) is 0 Å². The van der Waals surface area contributed by atoms with Crippen LogP contribution in [0.15, 0.2) is 36.5 Å². The summed E-state index contributed by atoms with van der Waals surface area (Å²) in [5, 5.41) is 17.7. The molecule has 0 bridgehead atoms. The highest BCUT2D eigenvalue weighted by Crippen LogP contribution is 2.27. The largest absolute Gasteiger partial charge is 0.453 e. The summed E-state index contributed by atoms with van der Waals surface area (Å²) in [5.41, 5.74) is -0.129. The van der Waals surface area contributed by atoms with E-state index in [9.17, 15) is 4.39 Å². The first-order valence-corrected chi connectivity index (χ1v) is 4.98. The second kappa shape index (κ2) is 4.94. The van der Waals surface area contributed by atoms with E-state index in [1.165, 1.54) is 30.5 Å². The lowest BCUT2D eigenvalue weighted by atomic mass is 10.2. The van der Waals surface area contributed by atoms with Gasteiger partial charge in [-0.3, -0.25) is 0 Å². The Balaban J connectivity index is 2.45. The molecule has 0 saturated heterocycles. The van der Waals surface area contributed by atoms with Crippen molar-refractivity contribution in [3.05, 3.63) is 53.6 Å². The molecule has 0 N–H and O–H groups in total. The van der Waals surface area contributed by atoms with Crippen molar-refractivity contribution in [2.75, 3.05) is 0 Å². The number of benzene rings is 1. The van der Waals surface area contributed by atoms with Gasteiger partial charge in [0.2, 0.25) is 0 Å². The number of ether oxygens (including phenoxy) is 1. The summed E-state index contributed by atoms with van der Waals surface area (Å²) in [4.78, 5) is 3.81. The van der Waals surface area contributed by atoms with Gasteiger partial charge in [0, 0.05) is 6.20 Å². The summed E-state index contributed by atoms with van der Waals surface area (Å²) in [5.74, 6) is -0.429. The number of nitriles is 2.